The van der Waals surface area contributed by atoms with Crippen LogP contribution in [0.25, 0.3) is 33.4 Å². The molecule has 0 heterocycles. The fourth-order valence-corrected chi connectivity index (χ4v) is 3.81. The Morgan fingerprint density at radius 2 is 0.700 bits per heavy atom. The fraction of sp³-hybridized carbons (Fsp3) is 0.143. The van der Waals surface area contributed by atoms with Crippen molar-refractivity contribution in [2.24, 2.45) is 0 Å². The molecule has 0 unspecified atom stereocenters. The van der Waals surface area contributed by atoms with Gasteiger partial charge in [-0.05, 0) is 81.6 Å². The van der Waals surface area contributed by atoms with Crippen molar-refractivity contribution >= 4 is 0 Å². The van der Waals surface area contributed by atoms with Gasteiger partial charge in [-0.2, -0.15) is 0 Å². The Hall–Kier alpha value is -3.52. The molecule has 4 aromatic rings. The molecule has 0 aliphatic heterocycles. The highest BCUT2D eigenvalue weighted by molar-refractivity contribution is 5.74. The Balaban J connectivity index is 1.58. The maximum Gasteiger partial charge on any atom is 0.118 e. The molecule has 4 rings (SSSR count). The monoisotopic (exact) mass is 394 g/mol. The molecule has 4 aromatic carbocycles. The summed E-state index contributed by atoms with van der Waals surface area (Å²) < 4.78 is 0. The van der Waals surface area contributed by atoms with Crippen molar-refractivity contribution in [3.05, 3.63) is 96.1 Å². The number of benzene rings is 4. The zero-order valence-electron chi connectivity index (χ0n) is 17.4. The van der Waals surface area contributed by atoms with Crippen LogP contribution < -0.4 is 0 Å². The van der Waals surface area contributed by atoms with Crippen LogP contribution in [0.2, 0.25) is 0 Å². The summed E-state index contributed by atoms with van der Waals surface area (Å²) in [7, 11) is 0. The van der Waals surface area contributed by atoms with Crippen molar-refractivity contribution in [3.63, 3.8) is 0 Å². The first kappa shape index (κ1) is 19.8. The third-order valence-corrected chi connectivity index (χ3v) is 5.69. The van der Waals surface area contributed by atoms with Gasteiger partial charge in [0.25, 0.3) is 0 Å². The molecule has 0 spiro atoms. The van der Waals surface area contributed by atoms with Crippen LogP contribution in [-0.4, -0.2) is 10.2 Å². The summed E-state index contributed by atoms with van der Waals surface area (Å²) in [5.74, 6) is 0.718. The predicted molar refractivity (Wildman–Crippen MR) is 125 cm³/mol. The Morgan fingerprint density at radius 3 is 1.00 bits per heavy atom. The molecular weight excluding hydrogens is 368 g/mol. The average Bonchev–Trinajstić information content (AvgIpc) is 2.80. The molecule has 2 nitrogen and oxygen atoms in total. The van der Waals surface area contributed by atoms with Crippen LogP contribution in [0.3, 0.4) is 0 Å². The average molecular weight is 395 g/mol. The second-order valence-corrected chi connectivity index (χ2v) is 7.55. The molecule has 0 aliphatic carbocycles. The zero-order chi connectivity index (χ0) is 21.1. The molecule has 0 amide bonds. The van der Waals surface area contributed by atoms with Crippen LogP contribution in [0.4, 0.5) is 0 Å². The molecule has 0 radical (unpaired) electrons. The van der Waals surface area contributed by atoms with E-state index in [9.17, 15) is 10.2 Å². The SMILES string of the molecule is CCc1cc(-c2ccc(-c3ccc(-c4ccc(O)c(CC)c4)cc3)cc2)ccc1O. The molecule has 2 heteroatoms. The fourth-order valence-electron chi connectivity index (χ4n) is 3.81. The summed E-state index contributed by atoms with van der Waals surface area (Å²) in [6.07, 6.45) is 1.62. The van der Waals surface area contributed by atoms with Gasteiger partial charge < -0.3 is 10.2 Å². The first-order chi connectivity index (χ1) is 14.6. The maximum absolute atomic E-state index is 9.91. The molecule has 0 fully saturated rings. The lowest BCUT2D eigenvalue weighted by Gasteiger charge is -2.09. The van der Waals surface area contributed by atoms with E-state index in [0.717, 1.165) is 46.2 Å². The van der Waals surface area contributed by atoms with Gasteiger partial charge in [-0.1, -0.05) is 74.5 Å². The van der Waals surface area contributed by atoms with Crippen molar-refractivity contribution in [2.75, 3.05) is 0 Å². The summed E-state index contributed by atoms with van der Waals surface area (Å²) in [4.78, 5) is 0. The van der Waals surface area contributed by atoms with E-state index in [2.05, 4.69) is 60.7 Å². The van der Waals surface area contributed by atoms with Gasteiger partial charge in [-0.3, -0.25) is 0 Å². The number of hydrogen-bond acceptors (Lipinski definition) is 2. The Morgan fingerprint density at radius 1 is 0.433 bits per heavy atom. The molecule has 30 heavy (non-hydrogen) atoms. The summed E-state index contributed by atoms with van der Waals surface area (Å²) in [5, 5.41) is 19.8. The number of aromatic hydroxyl groups is 2. The quantitative estimate of drug-likeness (QED) is 0.375. The van der Waals surface area contributed by atoms with Crippen LogP contribution in [0.15, 0.2) is 84.9 Å². The van der Waals surface area contributed by atoms with Crippen molar-refractivity contribution < 1.29 is 10.2 Å². The van der Waals surface area contributed by atoms with Crippen LogP contribution in [-0.2, 0) is 12.8 Å². The molecule has 2 N–H and O–H groups in total. The molecule has 0 aliphatic rings. The summed E-state index contributed by atoms with van der Waals surface area (Å²) >= 11 is 0. The van der Waals surface area contributed by atoms with E-state index in [0.29, 0.717) is 11.5 Å². The normalized spacial score (nSPS) is 10.9. The van der Waals surface area contributed by atoms with Crippen LogP contribution >= 0.6 is 0 Å². The number of aryl methyl sites for hydroxylation is 2. The molecule has 0 bridgehead atoms. The zero-order valence-corrected chi connectivity index (χ0v) is 17.4. The number of rotatable bonds is 5. The molecule has 0 saturated heterocycles. The summed E-state index contributed by atoms with van der Waals surface area (Å²) in [6.45, 7) is 4.10. The highest BCUT2D eigenvalue weighted by Gasteiger charge is 2.06. The first-order valence-electron chi connectivity index (χ1n) is 10.4. The predicted octanol–water partition coefficient (Wildman–Crippen LogP) is 7.22. The molecule has 150 valence electrons. The standard InChI is InChI=1S/C28H26O2/c1-3-19-17-25(13-15-27(19)29)23-9-5-21(6-10-23)22-7-11-24(12-8-22)26-14-16-28(30)20(4-2)18-26/h5-18,29-30H,3-4H2,1-2H3. The minimum Gasteiger partial charge on any atom is -0.508 e. The molecule has 0 aromatic heterocycles. The van der Waals surface area contributed by atoms with E-state index in [1.165, 1.54) is 11.1 Å². The molecule has 0 saturated carbocycles. The van der Waals surface area contributed by atoms with Crippen LogP contribution in [0.5, 0.6) is 11.5 Å². The smallest absolute Gasteiger partial charge is 0.118 e. The Kier molecular flexibility index (Phi) is 5.58. The van der Waals surface area contributed by atoms with E-state index >= 15 is 0 Å². The van der Waals surface area contributed by atoms with Gasteiger partial charge in [-0.25, -0.2) is 0 Å². The number of hydrogen-bond donors (Lipinski definition) is 2. The highest BCUT2D eigenvalue weighted by atomic mass is 16.3. The lowest BCUT2D eigenvalue weighted by molar-refractivity contribution is 0.468. The van der Waals surface area contributed by atoms with Crippen molar-refractivity contribution in [2.45, 2.75) is 26.7 Å². The van der Waals surface area contributed by atoms with E-state index in [1.54, 1.807) is 12.1 Å². The van der Waals surface area contributed by atoms with E-state index < -0.39 is 0 Å². The third kappa shape index (κ3) is 3.95. The van der Waals surface area contributed by atoms with Crippen LogP contribution in [0.1, 0.15) is 25.0 Å². The lowest BCUT2D eigenvalue weighted by Crippen LogP contribution is -1.86. The number of phenols is 2. The third-order valence-electron chi connectivity index (χ3n) is 5.69. The van der Waals surface area contributed by atoms with Crippen molar-refractivity contribution in [3.8, 4) is 44.9 Å². The Bertz CT molecular complexity index is 1060. The van der Waals surface area contributed by atoms with Gasteiger partial charge in [0.2, 0.25) is 0 Å². The van der Waals surface area contributed by atoms with Gasteiger partial charge in [0.05, 0.1) is 0 Å². The largest absolute Gasteiger partial charge is 0.508 e. The van der Waals surface area contributed by atoms with Crippen molar-refractivity contribution in [1.29, 1.82) is 0 Å². The minimum absolute atomic E-state index is 0.359. The highest BCUT2D eigenvalue weighted by Crippen LogP contribution is 2.31. The summed E-state index contributed by atoms with van der Waals surface area (Å²) in [6, 6.07) is 28.6. The van der Waals surface area contributed by atoms with E-state index in [-0.39, 0.29) is 0 Å². The minimum atomic E-state index is 0.359. The van der Waals surface area contributed by atoms with Crippen LogP contribution in [0, 0.1) is 0 Å². The molecule has 0 atom stereocenters. The molecular formula is C28H26O2. The summed E-state index contributed by atoms with van der Waals surface area (Å²) in [5.41, 5.74) is 8.78. The van der Waals surface area contributed by atoms with E-state index in [1.807, 2.05) is 26.0 Å². The Labute approximate surface area is 178 Å². The van der Waals surface area contributed by atoms with E-state index in [4.69, 9.17) is 0 Å². The van der Waals surface area contributed by atoms with Gasteiger partial charge in [0.15, 0.2) is 0 Å². The van der Waals surface area contributed by atoms with Gasteiger partial charge in [-0.15, -0.1) is 0 Å². The lowest BCUT2D eigenvalue weighted by atomic mass is 9.96. The number of phenolic OH excluding ortho intramolecular Hbond substituents is 2. The second kappa shape index (κ2) is 8.46. The van der Waals surface area contributed by atoms with Crippen molar-refractivity contribution in [1.82, 2.24) is 0 Å². The van der Waals surface area contributed by atoms with Gasteiger partial charge >= 0.3 is 0 Å². The maximum atomic E-state index is 9.91. The van der Waals surface area contributed by atoms with Gasteiger partial charge in [0.1, 0.15) is 11.5 Å². The first-order valence-corrected chi connectivity index (χ1v) is 10.4. The van der Waals surface area contributed by atoms with Gasteiger partial charge in [0, 0.05) is 0 Å². The second-order valence-electron chi connectivity index (χ2n) is 7.55. The topological polar surface area (TPSA) is 40.5 Å².